The predicted molar refractivity (Wildman–Crippen MR) is 70.7 cm³/mol. The van der Waals surface area contributed by atoms with E-state index in [2.05, 4.69) is 9.82 Å². The Morgan fingerprint density at radius 2 is 2.33 bits per heavy atom. The van der Waals surface area contributed by atoms with Gasteiger partial charge < -0.3 is 5.73 Å². The molecule has 0 saturated carbocycles. The molecule has 2 aromatic rings. The molecule has 98 valence electrons. The van der Waals surface area contributed by atoms with Crippen molar-refractivity contribution in [1.29, 1.82) is 0 Å². The Balaban J connectivity index is 2.17. The highest BCUT2D eigenvalue weighted by molar-refractivity contribution is 7.89. The van der Waals surface area contributed by atoms with Gasteiger partial charge in [0.2, 0.25) is 10.0 Å². The van der Waals surface area contributed by atoms with Crippen LogP contribution in [0.2, 0.25) is 0 Å². The minimum absolute atomic E-state index is 0.0228. The molecule has 0 bridgehead atoms. The normalized spacial score (nSPS) is 11.8. The number of aromatic nitrogens is 2. The van der Waals surface area contributed by atoms with E-state index in [0.29, 0.717) is 6.54 Å². The quantitative estimate of drug-likeness (QED) is 0.859. The van der Waals surface area contributed by atoms with Crippen LogP contribution in [0.4, 0.5) is 5.82 Å². The number of hydrogen-bond donors (Lipinski definition) is 2. The summed E-state index contributed by atoms with van der Waals surface area (Å²) in [5, 5.41) is 7.70. The molecule has 0 aromatic carbocycles. The van der Waals surface area contributed by atoms with Gasteiger partial charge in [0.1, 0.15) is 4.90 Å². The zero-order valence-corrected chi connectivity index (χ0v) is 11.5. The largest absolute Gasteiger partial charge is 0.381 e. The molecule has 0 radical (unpaired) electrons. The van der Waals surface area contributed by atoms with Crippen LogP contribution in [0.5, 0.6) is 0 Å². The summed E-state index contributed by atoms with van der Waals surface area (Å²) in [4.78, 5) is 0.0274. The lowest BCUT2D eigenvalue weighted by Crippen LogP contribution is -2.23. The molecule has 0 saturated heterocycles. The molecule has 0 aliphatic rings. The molecule has 0 aliphatic carbocycles. The van der Waals surface area contributed by atoms with E-state index in [1.54, 1.807) is 0 Å². The van der Waals surface area contributed by atoms with Gasteiger partial charge in [-0.1, -0.05) is 0 Å². The van der Waals surface area contributed by atoms with Crippen LogP contribution in [0.3, 0.4) is 0 Å². The van der Waals surface area contributed by atoms with E-state index in [-0.39, 0.29) is 17.3 Å². The van der Waals surface area contributed by atoms with Crippen LogP contribution in [0, 0.1) is 0 Å². The molecule has 6 nitrogen and oxygen atoms in total. The van der Waals surface area contributed by atoms with Crippen LogP contribution >= 0.6 is 11.3 Å². The number of nitrogen functional groups attached to an aromatic ring is 1. The molecule has 0 fully saturated rings. The summed E-state index contributed by atoms with van der Waals surface area (Å²) < 4.78 is 28.1. The Kier molecular flexibility index (Phi) is 3.69. The van der Waals surface area contributed by atoms with Gasteiger partial charge in [0.25, 0.3) is 0 Å². The molecule has 0 spiro atoms. The van der Waals surface area contributed by atoms with Crippen LogP contribution in [0.1, 0.15) is 12.5 Å². The van der Waals surface area contributed by atoms with E-state index in [4.69, 9.17) is 5.73 Å². The minimum Gasteiger partial charge on any atom is -0.381 e. The summed E-state index contributed by atoms with van der Waals surface area (Å²) in [6, 6.07) is 1.87. The lowest BCUT2D eigenvalue weighted by atomic mass is 10.4. The van der Waals surface area contributed by atoms with Gasteiger partial charge in [0.15, 0.2) is 5.82 Å². The van der Waals surface area contributed by atoms with Crippen molar-refractivity contribution in [3.63, 3.8) is 0 Å². The summed E-state index contributed by atoms with van der Waals surface area (Å²) in [7, 11) is -3.61. The third-order valence-corrected chi connectivity index (χ3v) is 4.56. The first-order chi connectivity index (χ1) is 8.53. The molecule has 0 aliphatic heterocycles. The molecule has 18 heavy (non-hydrogen) atoms. The van der Waals surface area contributed by atoms with Crippen molar-refractivity contribution < 1.29 is 8.42 Å². The van der Waals surface area contributed by atoms with Gasteiger partial charge in [0.05, 0.1) is 0 Å². The number of sulfonamides is 1. The summed E-state index contributed by atoms with van der Waals surface area (Å²) in [5.74, 6) is 0.0228. The lowest BCUT2D eigenvalue weighted by Gasteiger charge is -2.03. The molecule has 2 rings (SSSR count). The molecular weight excluding hydrogens is 272 g/mol. The van der Waals surface area contributed by atoms with Crippen molar-refractivity contribution in [2.45, 2.75) is 24.9 Å². The summed E-state index contributed by atoms with van der Waals surface area (Å²) in [6.07, 6.45) is 1.44. The van der Waals surface area contributed by atoms with Crippen molar-refractivity contribution in [2.75, 3.05) is 5.73 Å². The molecule has 8 heteroatoms. The second-order valence-electron chi connectivity index (χ2n) is 3.69. The number of hydrogen-bond acceptors (Lipinski definition) is 5. The summed E-state index contributed by atoms with van der Waals surface area (Å²) in [6.45, 7) is 2.69. The number of nitrogens with two attached hydrogens (primary N) is 1. The zero-order valence-electron chi connectivity index (χ0n) is 9.83. The van der Waals surface area contributed by atoms with Crippen LogP contribution in [0.15, 0.2) is 27.9 Å². The maximum atomic E-state index is 12.0. The van der Waals surface area contributed by atoms with Crippen molar-refractivity contribution in [3.05, 3.63) is 28.6 Å². The summed E-state index contributed by atoms with van der Waals surface area (Å²) in [5.41, 5.74) is 6.52. The third-order valence-electron chi connectivity index (χ3n) is 2.41. The van der Waals surface area contributed by atoms with Gasteiger partial charge in [-0.2, -0.15) is 16.4 Å². The third kappa shape index (κ3) is 2.71. The van der Waals surface area contributed by atoms with Crippen molar-refractivity contribution in [3.8, 4) is 0 Å². The van der Waals surface area contributed by atoms with Gasteiger partial charge in [0, 0.05) is 19.3 Å². The summed E-state index contributed by atoms with van der Waals surface area (Å²) >= 11 is 1.52. The average molecular weight is 286 g/mol. The fourth-order valence-electron chi connectivity index (χ4n) is 1.44. The van der Waals surface area contributed by atoms with E-state index >= 15 is 0 Å². The molecule has 3 N–H and O–H groups in total. The van der Waals surface area contributed by atoms with Crippen molar-refractivity contribution >= 4 is 27.2 Å². The number of thiophene rings is 1. The molecule has 2 heterocycles. The fourth-order valence-corrected chi connectivity index (χ4v) is 3.19. The first-order valence-electron chi connectivity index (χ1n) is 5.36. The molecular formula is C10H14N4O2S2. The number of rotatable bonds is 5. The number of nitrogens with one attached hydrogen (secondary N) is 1. The van der Waals surface area contributed by atoms with Crippen molar-refractivity contribution in [2.24, 2.45) is 0 Å². The smallest absolute Gasteiger partial charge is 0.246 e. The molecule has 2 aromatic heterocycles. The van der Waals surface area contributed by atoms with Crippen LogP contribution in [-0.4, -0.2) is 18.2 Å². The van der Waals surface area contributed by atoms with Gasteiger partial charge >= 0.3 is 0 Å². The zero-order chi connectivity index (χ0) is 13.2. The Labute approximate surface area is 109 Å². The van der Waals surface area contributed by atoms with E-state index in [1.807, 2.05) is 23.8 Å². The first kappa shape index (κ1) is 13.1. The maximum absolute atomic E-state index is 12.0. The topological polar surface area (TPSA) is 90.0 Å². The number of anilines is 1. The van der Waals surface area contributed by atoms with Crippen LogP contribution < -0.4 is 10.5 Å². The van der Waals surface area contributed by atoms with Gasteiger partial charge in [-0.15, -0.1) is 0 Å². The second-order valence-corrected chi connectivity index (χ2v) is 6.21. The van der Waals surface area contributed by atoms with Gasteiger partial charge in [-0.25, -0.2) is 13.1 Å². The molecule has 0 unspecified atom stereocenters. The molecule has 0 amide bonds. The van der Waals surface area contributed by atoms with E-state index in [1.165, 1.54) is 22.2 Å². The minimum atomic E-state index is -3.61. The van der Waals surface area contributed by atoms with Crippen LogP contribution in [-0.2, 0) is 23.1 Å². The van der Waals surface area contributed by atoms with Crippen molar-refractivity contribution in [1.82, 2.24) is 14.5 Å². The predicted octanol–water partition coefficient (Wildman–Crippen LogP) is 1.03. The standard InChI is InChI=1S/C10H14N4O2S2/c1-2-14-6-9(10(11)13-14)18(15,16)12-5-8-3-4-17-7-8/h3-4,6-7,12H,2,5H2,1H3,(H2,11,13). The first-order valence-corrected chi connectivity index (χ1v) is 7.79. The van der Waals surface area contributed by atoms with E-state index < -0.39 is 10.0 Å². The Morgan fingerprint density at radius 1 is 1.56 bits per heavy atom. The Bertz CT molecular complexity index is 616. The number of aryl methyl sites for hydroxylation is 1. The highest BCUT2D eigenvalue weighted by atomic mass is 32.2. The van der Waals surface area contributed by atoms with E-state index in [0.717, 1.165) is 5.56 Å². The average Bonchev–Trinajstić information content (AvgIpc) is 2.95. The Morgan fingerprint density at radius 3 is 2.89 bits per heavy atom. The lowest BCUT2D eigenvalue weighted by molar-refractivity contribution is 0.581. The SMILES string of the molecule is CCn1cc(S(=O)(=O)NCc2ccsc2)c(N)n1. The highest BCUT2D eigenvalue weighted by Crippen LogP contribution is 2.16. The monoisotopic (exact) mass is 286 g/mol. The fraction of sp³-hybridized carbons (Fsp3) is 0.300. The number of nitrogens with zero attached hydrogens (tertiary/aromatic N) is 2. The van der Waals surface area contributed by atoms with E-state index in [9.17, 15) is 8.42 Å². The maximum Gasteiger partial charge on any atom is 0.246 e. The van der Waals surface area contributed by atoms with Crippen LogP contribution in [0.25, 0.3) is 0 Å². The molecule has 0 atom stereocenters. The Hall–Kier alpha value is -1.38. The van der Waals surface area contributed by atoms with Gasteiger partial charge in [-0.05, 0) is 29.3 Å². The second kappa shape index (κ2) is 5.09. The van der Waals surface area contributed by atoms with Gasteiger partial charge in [-0.3, -0.25) is 4.68 Å². The highest BCUT2D eigenvalue weighted by Gasteiger charge is 2.20.